The summed E-state index contributed by atoms with van der Waals surface area (Å²) < 4.78 is 26.7. The molecule has 1 saturated heterocycles. The van der Waals surface area contributed by atoms with E-state index in [1.165, 1.54) is 0 Å². The zero-order valence-electron chi connectivity index (χ0n) is 11.4. The molecular weight excluding hydrogens is 282 g/mol. The van der Waals surface area contributed by atoms with Crippen LogP contribution in [0.3, 0.4) is 0 Å². The smallest absolute Gasteiger partial charge is 0.207 e. The van der Waals surface area contributed by atoms with Gasteiger partial charge >= 0.3 is 0 Å². The molecule has 0 bridgehead atoms. The summed E-state index contributed by atoms with van der Waals surface area (Å²) in [6, 6.07) is 5.22. The molecule has 5 heteroatoms. The molecule has 0 saturated carbocycles. The molecule has 1 aliphatic rings. The molecule has 1 aliphatic heterocycles. The van der Waals surface area contributed by atoms with E-state index in [4.69, 9.17) is 11.6 Å². The van der Waals surface area contributed by atoms with Gasteiger partial charge < -0.3 is 0 Å². The number of aryl methyl sites for hydroxylation is 1. The molecule has 0 spiro atoms. The molecule has 1 fully saturated rings. The number of benzene rings is 1. The van der Waals surface area contributed by atoms with Crippen molar-refractivity contribution in [3.8, 4) is 0 Å². The maximum atomic E-state index is 12.6. The van der Waals surface area contributed by atoms with Crippen LogP contribution in [0.15, 0.2) is 23.1 Å². The summed E-state index contributed by atoms with van der Waals surface area (Å²) in [5, 5.41) is 0. The molecule has 0 radical (unpaired) electrons. The van der Waals surface area contributed by atoms with Crippen LogP contribution in [0.1, 0.15) is 30.9 Å². The molecule has 106 valence electrons. The van der Waals surface area contributed by atoms with Gasteiger partial charge in [0, 0.05) is 19.0 Å². The highest BCUT2D eigenvalue weighted by atomic mass is 35.5. The Morgan fingerprint density at radius 3 is 2.74 bits per heavy atom. The van der Waals surface area contributed by atoms with Gasteiger partial charge in [-0.15, -0.1) is 11.6 Å². The van der Waals surface area contributed by atoms with Gasteiger partial charge in [-0.1, -0.05) is 19.4 Å². The fourth-order valence-electron chi connectivity index (χ4n) is 2.45. The second kappa shape index (κ2) is 5.81. The van der Waals surface area contributed by atoms with Crippen molar-refractivity contribution in [1.82, 2.24) is 4.31 Å². The molecular formula is C14H20ClNO2S. The number of hydrogen-bond acceptors (Lipinski definition) is 2. The van der Waals surface area contributed by atoms with Gasteiger partial charge in [-0.05, 0) is 42.5 Å². The van der Waals surface area contributed by atoms with Crippen LogP contribution in [0.2, 0.25) is 0 Å². The zero-order valence-corrected chi connectivity index (χ0v) is 13.0. The summed E-state index contributed by atoms with van der Waals surface area (Å²) in [7, 11) is -3.36. The first kappa shape index (κ1) is 14.8. The standard InChI is InChI=1S/C14H20ClNO2S/c1-3-12-6-7-16(10-12)19(17,18)14-5-4-11(2)13(8-14)9-15/h4-5,8,12H,3,6-7,9-10H2,1-2H3. The highest BCUT2D eigenvalue weighted by Crippen LogP contribution is 2.27. The van der Waals surface area contributed by atoms with Gasteiger partial charge in [0.15, 0.2) is 0 Å². The topological polar surface area (TPSA) is 37.4 Å². The van der Waals surface area contributed by atoms with Crippen molar-refractivity contribution >= 4 is 21.6 Å². The highest BCUT2D eigenvalue weighted by molar-refractivity contribution is 7.89. The first-order valence-corrected chi connectivity index (χ1v) is 8.62. The minimum Gasteiger partial charge on any atom is -0.207 e. The molecule has 3 nitrogen and oxygen atoms in total. The molecule has 1 heterocycles. The average molecular weight is 302 g/mol. The molecule has 19 heavy (non-hydrogen) atoms. The number of alkyl halides is 1. The van der Waals surface area contributed by atoms with Crippen LogP contribution in [-0.4, -0.2) is 25.8 Å². The van der Waals surface area contributed by atoms with Crippen LogP contribution < -0.4 is 0 Å². The third-order valence-corrected chi connectivity index (χ3v) is 6.08. The summed E-state index contributed by atoms with van der Waals surface area (Å²) in [5.74, 6) is 0.833. The number of halogens is 1. The van der Waals surface area contributed by atoms with E-state index in [0.717, 1.165) is 24.0 Å². The Hall–Kier alpha value is -0.580. The molecule has 0 aromatic heterocycles. The van der Waals surface area contributed by atoms with E-state index in [2.05, 4.69) is 6.92 Å². The predicted molar refractivity (Wildman–Crippen MR) is 77.9 cm³/mol. The van der Waals surface area contributed by atoms with Gasteiger partial charge in [-0.25, -0.2) is 8.42 Å². The SMILES string of the molecule is CCC1CCN(S(=O)(=O)c2ccc(C)c(CCl)c2)C1. The van der Waals surface area contributed by atoms with Crippen molar-refractivity contribution in [3.05, 3.63) is 29.3 Å². The number of rotatable bonds is 4. The quantitative estimate of drug-likeness (QED) is 0.801. The second-order valence-electron chi connectivity index (χ2n) is 5.15. The van der Waals surface area contributed by atoms with Crippen LogP contribution in [0.4, 0.5) is 0 Å². The van der Waals surface area contributed by atoms with E-state index in [0.29, 0.717) is 29.8 Å². The van der Waals surface area contributed by atoms with E-state index < -0.39 is 10.0 Å². The lowest BCUT2D eigenvalue weighted by atomic mass is 10.1. The van der Waals surface area contributed by atoms with Crippen LogP contribution in [0, 0.1) is 12.8 Å². The molecule has 1 unspecified atom stereocenters. The van der Waals surface area contributed by atoms with Crippen molar-refractivity contribution in [3.63, 3.8) is 0 Å². The van der Waals surface area contributed by atoms with E-state index in [1.807, 2.05) is 13.0 Å². The van der Waals surface area contributed by atoms with Gasteiger partial charge in [0.25, 0.3) is 0 Å². The largest absolute Gasteiger partial charge is 0.243 e. The zero-order chi connectivity index (χ0) is 14.0. The first-order valence-electron chi connectivity index (χ1n) is 6.64. The Morgan fingerprint density at radius 1 is 1.42 bits per heavy atom. The van der Waals surface area contributed by atoms with Crippen molar-refractivity contribution in [2.45, 2.75) is 37.5 Å². The average Bonchev–Trinajstić information content (AvgIpc) is 2.88. The van der Waals surface area contributed by atoms with Gasteiger partial charge in [0.1, 0.15) is 0 Å². The lowest BCUT2D eigenvalue weighted by Crippen LogP contribution is -2.29. The molecule has 0 N–H and O–H groups in total. The minimum atomic E-state index is -3.36. The van der Waals surface area contributed by atoms with Crippen molar-refractivity contribution in [2.24, 2.45) is 5.92 Å². The van der Waals surface area contributed by atoms with Crippen molar-refractivity contribution < 1.29 is 8.42 Å². The monoisotopic (exact) mass is 301 g/mol. The van der Waals surface area contributed by atoms with Gasteiger partial charge in [-0.2, -0.15) is 4.31 Å². The van der Waals surface area contributed by atoms with E-state index >= 15 is 0 Å². The highest BCUT2D eigenvalue weighted by Gasteiger charge is 2.31. The van der Waals surface area contributed by atoms with E-state index in [9.17, 15) is 8.42 Å². The number of hydrogen-bond donors (Lipinski definition) is 0. The number of nitrogens with zero attached hydrogens (tertiary/aromatic N) is 1. The summed E-state index contributed by atoms with van der Waals surface area (Å²) >= 11 is 5.85. The minimum absolute atomic E-state index is 0.340. The molecule has 2 rings (SSSR count). The van der Waals surface area contributed by atoms with Crippen LogP contribution in [0.5, 0.6) is 0 Å². The van der Waals surface area contributed by atoms with E-state index in [-0.39, 0.29) is 0 Å². The third-order valence-electron chi connectivity index (χ3n) is 3.93. The summed E-state index contributed by atoms with van der Waals surface area (Å²) in [6.07, 6.45) is 2.00. The third kappa shape index (κ3) is 2.96. The lowest BCUT2D eigenvalue weighted by molar-refractivity contribution is 0.453. The Morgan fingerprint density at radius 2 is 2.16 bits per heavy atom. The van der Waals surface area contributed by atoms with Crippen LogP contribution in [-0.2, 0) is 15.9 Å². The van der Waals surface area contributed by atoms with Gasteiger partial charge in [0.2, 0.25) is 10.0 Å². The van der Waals surface area contributed by atoms with Gasteiger partial charge in [0.05, 0.1) is 4.90 Å². The Labute approximate surface area is 120 Å². The van der Waals surface area contributed by atoms with Crippen LogP contribution >= 0.6 is 11.6 Å². The molecule has 1 atom stereocenters. The van der Waals surface area contributed by atoms with Crippen molar-refractivity contribution in [1.29, 1.82) is 0 Å². The molecule has 1 aromatic carbocycles. The Bertz CT molecular complexity index is 557. The van der Waals surface area contributed by atoms with E-state index in [1.54, 1.807) is 16.4 Å². The fraction of sp³-hybridized carbons (Fsp3) is 0.571. The first-order chi connectivity index (χ1) is 8.98. The summed E-state index contributed by atoms with van der Waals surface area (Å²) in [5.41, 5.74) is 1.91. The maximum Gasteiger partial charge on any atom is 0.243 e. The molecule has 1 aromatic rings. The van der Waals surface area contributed by atoms with Crippen LogP contribution in [0.25, 0.3) is 0 Å². The summed E-state index contributed by atoms with van der Waals surface area (Å²) in [4.78, 5) is 0.366. The van der Waals surface area contributed by atoms with Gasteiger partial charge in [-0.3, -0.25) is 0 Å². The predicted octanol–water partition coefficient (Wildman–Crippen LogP) is 3.15. The summed E-state index contributed by atoms with van der Waals surface area (Å²) in [6.45, 7) is 5.32. The Kier molecular flexibility index (Phi) is 4.54. The normalized spacial score (nSPS) is 20.9. The Balaban J connectivity index is 2.30. The molecule has 0 aliphatic carbocycles. The second-order valence-corrected chi connectivity index (χ2v) is 7.35. The maximum absolute atomic E-state index is 12.6. The molecule has 0 amide bonds. The fourth-order valence-corrected chi connectivity index (χ4v) is 4.32. The number of sulfonamides is 1. The van der Waals surface area contributed by atoms with Crippen molar-refractivity contribution in [2.75, 3.05) is 13.1 Å². The lowest BCUT2D eigenvalue weighted by Gasteiger charge is -2.17.